The summed E-state index contributed by atoms with van der Waals surface area (Å²) in [6.45, 7) is 1.37. The SMILES string of the molecule is O=C(c1cccs1)N1CCc2ncnc(-c3ccoc3)c2CC1. The highest BCUT2D eigenvalue weighted by atomic mass is 32.1. The Bertz CT molecular complexity index is 812. The Labute approximate surface area is 137 Å². The van der Waals surface area contributed by atoms with E-state index in [2.05, 4.69) is 9.97 Å². The minimum Gasteiger partial charge on any atom is -0.472 e. The Kier molecular flexibility index (Phi) is 3.67. The first-order valence-corrected chi connectivity index (χ1v) is 8.39. The van der Waals surface area contributed by atoms with Crippen LogP contribution in [0.4, 0.5) is 0 Å². The minimum atomic E-state index is 0.102. The van der Waals surface area contributed by atoms with Gasteiger partial charge in [-0.05, 0) is 23.9 Å². The number of carbonyl (C=O) groups excluding carboxylic acids is 1. The van der Waals surface area contributed by atoms with Crippen LogP contribution in [0.3, 0.4) is 0 Å². The molecule has 0 fully saturated rings. The van der Waals surface area contributed by atoms with E-state index in [9.17, 15) is 4.79 Å². The third-order valence-electron chi connectivity index (χ3n) is 4.10. The molecular formula is C17H15N3O2S. The molecule has 0 aliphatic carbocycles. The Balaban J connectivity index is 1.62. The number of furan rings is 1. The van der Waals surface area contributed by atoms with Crippen molar-refractivity contribution in [2.45, 2.75) is 12.8 Å². The molecule has 1 aliphatic rings. The first kappa shape index (κ1) is 14.1. The minimum absolute atomic E-state index is 0.102. The number of amides is 1. The van der Waals surface area contributed by atoms with E-state index in [-0.39, 0.29) is 5.91 Å². The highest BCUT2D eigenvalue weighted by Crippen LogP contribution is 2.26. The molecule has 5 nitrogen and oxygen atoms in total. The highest BCUT2D eigenvalue weighted by Gasteiger charge is 2.23. The molecule has 4 heterocycles. The fourth-order valence-electron chi connectivity index (χ4n) is 2.93. The van der Waals surface area contributed by atoms with Crippen LogP contribution in [0, 0.1) is 0 Å². The standard InChI is InChI=1S/C17H15N3O2S/c21-17(15-2-1-9-23-15)20-6-3-13-14(4-7-20)18-11-19-16(13)12-5-8-22-10-12/h1-2,5,8-11H,3-4,6-7H2. The Morgan fingerprint density at radius 3 is 2.91 bits per heavy atom. The topological polar surface area (TPSA) is 59.2 Å². The van der Waals surface area contributed by atoms with E-state index >= 15 is 0 Å². The number of nitrogens with zero attached hydrogens (tertiary/aromatic N) is 3. The smallest absolute Gasteiger partial charge is 0.263 e. The number of hydrogen-bond acceptors (Lipinski definition) is 5. The van der Waals surface area contributed by atoms with Crippen molar-refractivity contribution in [3.8, 4) is 11.3 Å². The monoisotopic (exact) mass is 325 g/mol. The molecule has 3 aromatic rings. The maximum absolute atomic E-state index is 12.6. The zero-order valence-electron chi connectivity index (χ0n) is 12.4. The lowest BCUT2D eigenvalue weighted by atomic mass is 10.0. The lowest BCUT2D eigenvalue weighted by molar-refractivity contribution is 0.0768. The van der Waals surface area contributed by atoms with E-state index < -0.39 is 0 Å². The third-order valence-corrected chi connectivity index (χ3v) is 4.96. The third kappa shape index (κ3) is 2.66. The summed E-state index contributed by atoms with van der Waals surface area (Å²) in [7, 11) is 0. The lowest BCUT2D eigenvalue weighted by Gasteiger charge is -2.19. The van der Waals surface area contributed by atoms with Crippen molar-refractivity contribution >= 4 is 17.2 Å². The summed E-state index contributed by atoms with van der Waals surface area (Å²) in [5.41, 5.74) is 4.02. The van der Waals surface area contributed by atoms with Gasteiger partial charge in [-0.1, -0.05) is 6.07 Å². The second kappa shape index (κ2) is 5.96. The molecular weight excluding hydrogens is 310 g/mol. The van der Waals surface area contributed by atoms with Crippen LogP contribution >= 0.6 is 11.3 Å². The average Bonchev–Trinajstić information content (AvgIpc) is 3.24. The van der Waals surface area contributed by atoms with Crippen LogP contribution in [0.2, 0.25) is 0 Å². The van der Waals surface area contributed by atoms with Crippen molar-refractivity contribution in [1.29, 1.82) is 0 Å². The summed E-state index contributed by atoms with van der Waals surface area (Å²) in [6.07, 6.45) is 6.45. The fourth-order valence-corrected chi connectivity index (χ4v) is 3.62. The molecule has 1 aliphatic heterocycles. The second-order valence-electron chi connectivity index (χ2n) is 5.43. The van der Waals surface area contributed by atoms with Gasteiger partial charge in [-0.2, -0.15) is 0 Å². The van der Waals surface area contributed by atoms with Gasteiger partial charge in [0.1, 0.15) is 6.33 Å². The van der Waals surface area contributed by atoms with Crippen LogP contribution in [-0.2, 0) is 12.8 Å². The van der Waals surface area contributed by atoms with Gasteiger partial charge in [-0.3, -0.25) is 4.79 Å². The first-order chi connectivity index (χ1) is 11.3. The molecule has 1 amide bonds. The quantitative estimate of drug-likeness (QED) is 0.726. The van der Waals surface area contributed by atoms with Crippen molar-refractivity contribution in [2.24, 2.45) is 0 Å². The van der Waals surface area contributed by atoms with Crippen molar-refractivity contribution in [3.63, 3.8) is 0 Å². The molecule has 116 valence electrons. The highest BCUT2D eigenvalue weighted by molar-refractivity contribution is 7.12. The fraction of sp³-hybridized carbons (Fsp3) is 0.235. The molecule has 0 spiro atoms. The molecule has 0 unspecified atom stereocenters. The maximum atomic E-state index is 12.6. The zero-order valence-corrected chi connectivity index (χ0v) is 13.3. The van der Waals surface area contributed by atoms with Crippen LogP contribution in [0.15, 0.2) is 46.8 Å². The largest absolute Gasteiger partial charge is 0.472 e. The van der Waals surface area contributed by atoms with Gasteiger partial charge < -0.3 is 9.32 Å². The summed E-state index contributed by atoms with van der Waals surface area (Å²) < 4.78 is 5.18. The summed E-state index contributed by atoms with van der Waals surface area (Å²) >= 11 is 1.48. The summed E-state index contributed by atoms with van der Waals surface area (Å²) in [6, 6.07) is 5.69. The van der Waals surface area contributed by atoms with Gasteiger partial charge in [0.15, 0.2) is 0 Å². The van der Waals surface area contributed by atoms with Crippen LogP contribution in [0.5, 0.6) is 0 Å². The van der Waals surface area contributed by atoms with Crippen LogP contribution in [-0.4, -0.2) is 33.9 Å². The summed E-state index contributed by atoms with van der Waals surface area (Å²) in [5.74, 6) is 0.102. The molecule has 0 N–H and O–H groups in total. The van der Waals surface area contributed by atoms with Crippen molar-refractivity contribution in [1.82, 2.24) is 14.9 Å². The number of thiophene rings is 1. The van der Waals surface area contributed by atoms with Gasteiger partial charge in [0.2, 0.25) is 0 Å². The number of hydrogen-bond donors (Lipinski definition) is 0. The van der Waals surface area contributed by atoms with Crippen LogP contribution in [0.25, 0.3) is 11.3 Å². The molecule has 0 aromatic carbocycles. The van der Waals surface area contributed by atoms with Crippen LogP contribution < -0.4 is 0 Å². The Morgan fingerprint density at radius 1 is 1.22 bits per heavy atom. The molecule has 4 rings (SSSR count). The van der Waals surface area contributed by atoms with Crippen molar-refractivity contribution in [3.05, 3.63) is 58.6 Å². The van der Waals surface area contributed by atoms with E-state index in [1.807, 2.05) is 28.5 Å². The predicted molar refractivity (Wildman–Crippen MR) is 87.4 cm³/mol. The average molecular weight is 325 g/mol. The Morgan fingerprint density at radius 2 is 2.13 bits per heavy atom. The number of aromatic nitrogens is 2. The van der Waals surface area contributed by atoms with Gasteiger partial charge in [0, 0.05) is 36.3 Å². The maximum Gasteiger partial charge on any atom is 0.263 e. The van der Waals surface area contributed by atoms with Gasteiger partial charge in [0.25, 0.3) is 5.91 Å². The van der Waals surface area contributed by atoms with Crippen LogP contribution in [0.1, 0.15) is 20.9 Å². The van der Waals surface area contributed by atoms with Crippen molar-refractivity contribution < 1.29 is 9.21 Å². The first-order valence-electron chi connectivity index (χ1n) is 7.51. The van der Waals surface area contributed by atoms with E-state index in [0.29, 0.717) is 13.1 Å². The number of carbonyl (C=O) groups is 1. The molecule has 3 aromatic heterocycles. The summed E-state index contributed by atoms with van der Waals surface area (Å²) in [4.78, 5) is 24.1. The normalized spacial score (nSPS) is 14.3. The molecule has 0 saturated heterocycles. The van der Waals surface area contributed by atoms with E-state index in [4.69, 9.17) is 4.42 Å². The molecule has 0 saturated carbocycles. The Hall–Kier alpha value is -2.47. The number of fused-ring (bicyclic) bond motifs is 1. The lowest BCUT2D eigenvalue weighted by Crippen LogP contribution is -2.32. The second-order valence-corrected chi connectivity index (χ2v) is 6.38. The van der Waals surface area contributed by atoms with E-state index in [1.165, 1.54) is 11.3 Å². The van der Waals surface area contributed by atoms with Gasteiger partial charge in [-0.15, -0.1) is 11.3 Å². The summed E-state index contributed by atoms with van der Waals surface area (Å²) in [5, 5.41) is 1.93. The van der Waals surface area contributed by atoms with Gasteiger partial charge >= 0.3 is 0 Å². The van der Waals surface area contributed by atoms with E-state index in [0.717, 1.165) is 40.2 Å². The van der Waals surface area contributed by atoms with Gasteiger partial charge in [0.05, 0.1) is 23.1 Å². The predicted octanol–water partition coefficient (Wildman–Crippen LogP) is 3.04. The zero-order chi connectivity index (χ0) is 15.6. The molecule has 0 atom stereocenters. The van der Waals surface area contributed by atoms with Gasteiger partial charge in [-0.25, -0.2) is 9.97 Å². The molecule has 23 heavy (non-hydrogen) atoms. The van der Waals surface area contributed by atoms with E-state index in [1.54, 1.807) is 18.9 Å². The molecule has 6 heteroatoms. The number of rotatable bonds is 2. The molecule has 0 radical (unpaired) electrons. The van der Waals surface area contributed by atoms with Crippen molar-refractivity contribution in [2.75, 3.05) is 13.1 Å². The molecule has 0 bridgehead atoms.